The lowest BCUT2D eigenvalue weighted by atomic mass is 9.93. The van der Waals surface area contributed by atoms with Gasteiger partial charge < -0.3 is 9.64 Å². The quantitative estimate of drug-likeness (QED) is 0.191. The number of rotatable bonds is 6. The molecule has 1 atom stereocenters. The third-order valence-corrected chi connectivity index (χ3v) is 8.80. The van der Waals surface area contributed by atoms with Crippen LogP contribution in [0, 0.1) is 0 Å². The predicted octanol–water partition coefficient (Wildman–Crippen LogP) is 9.78. The molecular formula is C41H32N4O. The van der Waals surface area contributed by atoms with Gasteiger partial charge >= 0.3 is 0 Å². The molecule has 0 aliphatic carbocycles. The second kappa shape index (κ2) is 11.6. The van der Waals surface area contributed by atoms with Crippen LogP contribution in [0.1, 0.15) is 24.3 Å². The van der Waals surface area contributed by atoms with E-state index in [9.17, 15) is 0 Å². The maximum atomic E-state index is 6.33. The van der Waals surface area contributed by atoms with Gasteiger partial charge in [0.15, 0.2) is 23.7 Å². The van der Waals surface area contributed by atoms with Crippen molar-refractivity contribution in [3.63, 3.8) is 0 Å². The van der Waals surface area contributed by atoms with E-state index in [0.29, 0.717) is 17.5 Å². The Hall–Kier alpha value is -5.81. The molecule has 0 fully saturated rings. The van der Waals surface area contributed by atoms with Gasteiger partial charge in [-0.25, -0.2) is 15.0 Å². The molecule has 0 saturated heterocycles. The van der Waals surface area contributed by atoms with Gasteiger partial charge in [-0.15, -0.1) is 0 Å². The maximum absolute atomic E-state index is 6.33. The molecule has 0 amide bonds. The molecule has 0 unspecified atom stereocenters. The normalized spacial score (nSPS) is 13.9. The fraction of sp³-hybridized carbons (Fsp3) is 0.0976. The van der Waals surface area contributed by atoms with E-state index < -0.39 is 0 Å². The number of nitrogens with zero attached hydrogens (tertiary/aromatic N) is 4. The lowest BCUT2D eigenvalue weighted by Crippen LogP contribution is -2.22. The molecule has 0 saturated carbocycles. The molecule has 1 aliphatic rings. The maximum Gasteiger partial charge on any atom is 0.198 e. The highest BCUT2D eigenvalue weighted by molar-refractivity contribution is 6.03. The number of ether oxygens (including phenoxy) is 1. The number of para-hydroxylation sites is 2. The Kier molecular flexibility index (Phi) is 6.99. The van der Waals surface area contributed by atoms with Gasteiger partial charge in [-0.2, -0.15) is 0 Å². The smallest absolute Gasteiger partial charge is 0.198 e. The van der Waals surface area contributed by atoms with Crippen LogP contribution in [0.5, 0.6) is 5.75 Å². The lowest BCUT2D eigenvalue weighted by molar-refractivity contribution is 0.235. The Morgan fingerprint density at radius 3 is 2.11 bits per heavy atom. The van der Waals surface area contributed by atoms with Crippen LogP contribution >= 0.6 is 0 Å². The Bertz CT molecular complexity index is 2190. The zero-order valence-corrected chi connectivity index (χ0v) is 25.8. The van der Waals surface area contributed by atoms with Crippen molar-refractivity contribution in [2.24, 2.45) is 0 Å². The third-order valence-electron chi connectivity index (χ3n) is 8.80. The van der Waals surface area contributed by atoms with Gasteiger partial charge in [0.1, 0.15) is 5.75 Å². The lowest BCUT2D eigenvalue weighted by Gasteiger charge is -2.21. The summed E-state index contributed by atoms with van der Waals surface area (Å²) in [5.74, 6) is 2.89. The Labute approximate surface area is 268 Å². The summed E-state index contributed by atoms with van der Waals surface area (Å²) in [6.07, 6.45) is 0.704. The first-order chi connectivity index (χ1) is 22.7. The highest BCUT2D eigenvalue weighted by Gasteiger charge is 2.29. The van der Waals surface area contributed by atoms with Crippen LogP contribution in [0.2, 0.25) is 0 Å². The third kappa shape index (κ3) is 4.87. The zero-order chi connectivity index (χ0) is 31.0. The van der Waals surface area contributed by atoms with Gasteiger partial charge in [-0.05, 0) is 46.0 Å². The summed E-state index contributed by atoms with van der Waals surface area (Å²) in [6, 6.07) is 48.2. The Balaban J connectivity index is 1.30. The van der Waals surface area contributed by atoms with Crippen molar-refractivity contribution in [2.75, 3.05) is 11.9 Å². The molecule has 46 heavy (non-hydrogen) atoms. The minimum absolute atomic E-state index is 0.180. The Morgan fingerprint density at radius 1 is 0.587 bits per heavy atom. The number of benzene rings is 6. The molecule has 5 heteroatoms. The largest absolute Gasteiger partial charge is 0.464 e. The van der Waals surface area contributed by atoms with Crippen molar-refractivity contribution >= 4 is 16.5 Å². The van der Waals surface area contributed by atoms with Gasteiger partial charge in [-0.1, -0.05) is 134 Å². The van der Waals surface area contributed by atoms with Crippen LogP contribution in [0.25, 0.3) is 56.1 Å². The van der Waals surface area contributed by atoms with Crippen LogP contribution in [0.4, 0.5) is 5.69 Å². The van der Waals surface area contributed by atoms with E-state index in [4.69, 9.17) is 19.7 Å². The molecule has 7 aromatic rings. The van der Waals surface area contributed by atoms with Crippen molar-refractivity contribution in [1.29, 1.82) is 0 Å². The zero-order valence-electron chi connectivity index (χ0n) is 25.8. The fourth-order valence-electron chi connectivity index (χ4n) is 6.42. The van der Waals surface area contributed by atoms with Crippen molar-refractivity contribution in [2.45, 2.75) is 19.6 Å². The standard InChI is InChI=1S/C41H32N4O/c1-3-27-13-7-10-18-34(27)39-42-38(30-15-5-4-6-16-30)43-40(44-39)37-32-17-9-8-14-28(32)25-26-33(37)29-21-23-31(24-22-29)41-45(2)35-19-11-12-20-36(35)46-41/h4-26,41H,3H2,1-2H3/t41-/m0/s1. The van der Waals surface area contributed by atoms with Gasteiger partial charge in [0.05, 0.1) is 5.69 Å². The molecule has 0 N–H and O–H groups in total. The number of fused-ring (bicyclic) bond motifs is 2. The molecule has 8 rings (SSSR count). The van der Waals surface area contributed by atoms with Crippen molar-refractivity contribution < 1.29 is 4.74 Å². The monoisotopic (exact) mass is 596 g/mol. The fourth-order valence-corrected chi connectivity index (χ4v) is 6.42. The van der Waals surface area contributed by atoms with Crippen molar-refractivity contribution in [1.82, 2.24) is 15.0 Å². The number of aryl methyl sites for hydroxylation is 1. The predicted molar refractivity (Wildman–Crippen MR) is 187 cm³/mol. The summed E-state index contributed by atoms with van der Waals surface area (Å²) < 4.78 is 6.33. The second-order valence-corrected chi connectivity index (χ2v) is 11.6. The molecule has 0 bridgehead atoms. The van der Waals surface area contributed by atoms with E-state index in [1.165, 1.54) is 5.56 Å². The van der Waals surface area contributed by atoms with Gasteiger partial charge in [0, 0.05) is 29.3 Å². The average molecular weight is 597 g/mol. The number of anilines is 1. The minimum Gasteiger partial charge on any atom is -0.464 e. The molecule has 0 radical (unpaired) electrons. The summed E-state index contributed by atoms with van der Waals surface area (Å²) in [5, 5.41) is 2.23. The average Bonchev–Trinajstić information content (AvgIpc) is 3.47. The summed E-state index contributed by atoms with van der Waals surface area (Å²) in [6.45, 7) is 2.17. The minimum atomic E-state index is -0.180. The molecule has 6 aromatic carbocycles. The van der Waals surface area contributed by atoms with E-state index in [1.807, 2.05) is 36.4 Å². The molecule has 2 heterocycles. The molecule has 5 nitrogen and oxygen atoms in total. The topological polar surface area (TPSA) is 51.1 Å². The van der Waals surface area contributed by atoms with Crippen LogP contribution in [0.3, 0.4) is 0 Å². The second-order valence-electron chi connectivity index (χ2n) is 11.6. The molecule has 1 aliphatic heterocycles. The summed E-state index contributed by atoms with van der Waals surface area (Å²) in [4.78, 5) is 17.6. The van der Waals surface area contributed by atoms with Crippen LogP contribution in [-0.2, 0) is 6.42 Å². The van der Waals surface area contributed by atoms with E-state index in [1.54, 1.807) is 0 Å². The first kappa shape index (κ1) is 27.7. The van der Waals surface area contributed by atoms with Crippen LogP contribution in [-0.4, -0.2) is 22.0 Å². The van der Waals surface area contributed by atoms with Crippen LogP contribution in [0.15, 0.2) is 140 Å². The first-order valence-corrected chi connectivity index (χ1v) is 15.7. The molecular weight excluding hydrogens is 564 g/mol. The number of aromatic nitrogens is 3. The van der Waals surface area contributed by atoms with E-state index in [2.05, 4.69) is 122 Å². The molecule has 0 spiro atoms. The number of hydrogen-bond acceptors (Lipinski definition) is 5. The van der Waals surface area contributed by atoms with E-state index >= 15 is 0 Å². The highest BCUT2D eigenvalue weighted by atomic mass is 16.5. The first-order valence-electron chi connectivity index (χ1n) is 15.7. The SMILES string of the molecule is CCc1ccccc1-c1nc(-c2ccccc2)nc(-c2c(-c3ccc([C@@H]4Oc5ccccc5N4C)cc3)ccc3ccccc23)n1. The van der Waals surface area contributed by atoms with Crippen molar-refractivity contribution in [3.8, 4) is 51.0 Å². The van der Waals surface area contributed by atoms with Gasteiger partial charge in [-0.3, -0.25) is 0 Å². The highest BCUT2D eigenvalue weighted by Crippen LogP contribution is 2.43. The van der Waals surface area contributed by atoms with Gasteiger partial charge in [0.25, 0.3) is 0 Å². The van der Waals surface area contributed by atoms with Crippen LogP contribution < -0.4 is 9.64 Å². The summed E-state index contributed by atoms with van der Waals surface area (Å²) >= 11 is 0. The summed E-state index contributed by atoms with van der Waals surface area (Å²) in [7, 11) is 2.07. The van der Waals surface area contributed by atoms with E-state index in [-0.39, 0.29) is 6.23 Å². The molecule has 222 valence electrons. The van der Waals surface area contributed by atoms with Crippen molar-refractivity contribution in [3.05, 3.63) is 151 Å². The summed E-state index contributed by atoms with van der Waals surface area (Å²) in [5.41, 5.74) is 8.51. The van der Waals surface area contributed by atoms with Gasteiger partial charge in [0.2, 0.25) is 0 Å². The number of hydrogen-bond donors (Lipinski definition) is 0. The Morgan fingerprint density at radius 2 is 1.28 bits per heavy atom. The van der Waals surface area contributed by atoms with E-state index in [0.717, 1.165) is 62.0 Å². The molecule has 1 aromatic heterocycles.